The van der Waals surface area contributed by atoms with Crippen LogP contribution in [0.5, 0.6) is 0 Å². The molecule has 4 rings (SSSR count). The summed E-state index contributed by atoms with van der Waals surface area (Å²) in [5, 5.41) is 8.20. The molecule has 2 atom stereocenters. The van der Waals surface area contributed by atoms with Gasteiger partial charge in [0.1, 0.15) is 11.5 Å². The zero-order valence-electron chi connectivity index (χ0n) is 11.6. The molecular weight excluding hydrogens is 254 g/mol. The van der Waals surface area contributed by atoms with Crippen LogP contribution < -0.4 is 5.32 Å². The third-order valence-electron chi connectivity index (χ3n) is 4.24. The standard InChI is InChI=1S/C14H19N5O/c1-18-7-6-16-14(18)10-9-13-15-5-4-11(19(13)17-10)12-3-2-8-20-12/h6-7,9,11-12,15H,2-5,8H2,1H3. The van der Waals surface area contributed by atoms with Gasteiger partial charge in [0.2, 0.25) is 0 Å². The molecule has 2 aliphatic heterocycles. The molecule has 2 aromatic heterocycles. The van der Waals surface area contributed by atoms with Gasteiger partial charge in [-0.1, -0.05) is 0 Å². The van der Waals surface area contributed by atoms with Crippen LogP contribution in [-0.4, -0.2) is 38.6 Å². The number of fused-ring (bicyclic) bond motifs is 1. The summed E-state index contributed by atoms with van der Waals surface area (Å²) in [6.45, 7) is 1.87. The zero-order chi connectivity index (χ0) is 13.5. The van der Waals surface area contributed by atoms with Gasteiger partial charge in [0, 0.05) is 38.7 Å². The van der Waals surface area contributed by atoms with Crippen LogP contribution in [0.15, 0.2) is 18.5 Å². The normalized spacial score (nSPS) is 25.4. The Balaban J connectivity index is 1.71. The Kier molecular flexibility index (Phi) is 2.77. The molecule has 6 nitrogen and oxygen atoms in total. The summed E-state index contributed by atoms with van der Waals surface area (Å²) >= 11 is 0. The summed E-state index contributed by atoms with van der Waals surface area (Å²) < 4.78 is 9.96. The third-order valence-corrected chi connectivity index (χ3v) is 4.24. The number of nitrogens with zero attached hydrogens (tertiary/aromatic N) is 4. The van der Waals surface area contributed by atoms with Crippen LogP contribution in [0.25, 0.3) is 11.5 Å². The predicted molar refractivity (Wildman–Crippen MR) is 75.5 cm³/mol. The zero-order valence-corrected chi connectivity index (χ0v) is 11.6. The van der Waals surface area contributed by atoms with E-state index in [9.17, 15) is 0 Å². The van der Waals surface area contributed by atoms with E-state index in [2.05, 4.69) is 21.0 Å². The second-order valence-electron chi connectivity index (χ2n) is 5.56. The van der Waals surface area contributed by atoms with Gasteiger partial charge in [-0.3, -0.25) is 0 Å². The fourth-order valence-corrected chi connectivity index (χ4v) is 3.22. The van der Waals surface area contributed by atoms with E-state index in [0.29, 0.717) is 12.1 Å². The molecule has 0 aromatic carbocycles. The maximum absolute atomic E-state index is 5.86. The average molecular weight is 273 g/mol. The summed E-state index contributed by atoms with van der Waals surface area (Å²) in [4.78, 5) is 4.38. The van der Waals surface area contributed by atoms with E-state index in [-0.39, 0.29) is 0 Å². The van der Waals surface area contributed by atoms with E-state index < -0.39 is 0 Å². The van der Waals surface area contributed by atoms with Crippen LogP contribution >= 0.6 is 0 Å². The van der Waals surface area contributed by atoms with Crippen molar-refractivity contribution in [2.75, 3.05) is 18.5 Å². The summed E-state index contributed by atoms with van der Waals surface area (Å²) in [5.41, 5.74) is 0.921. The number of ether oxygens (including phenoxy) is 1. The smallest absolute Gasteiger partial charge is 0.160 e. The van der Waals surface area contributed by atoms with Crippen molar-refractivity contribution in [3.8, 4) is 11.5 Å². The number of anilines is 1. The van der Waals surface area contributed by atoms with E-state index in [1.807, 2.05) is 17.8 Å². The lowest BCUT2D eigenvalue weighted by Crippen LogP contribution is -2.31. The van der Waals surface area contributed by atoms with Crippen molar-refractivity contribution < 1.29 is 4.74 Å². The average Bonchev–Trinajstić information content (AvgIpc) is 3.17. The molecule has 0 radical (unpaired) electrons. The molecule has 0 bridgehead atoms. The number of aryl methyl sites for hydroxylation is 1. The highest BCUT2D eigenvalue weighted by Crippen LogP contribution is 2.34. The molecule has 106 valence electrons. The fraction of sp³-hybridized carbons (Fsp3) is 0.571. The molecule has 0 aliphatic carbocycles. The van der Waals surface area contributed by atoms with Crippen molar-refractivity contribution in [1.82, 2.24) is 19.3 Å². The van der Waals surface area contributed by atoms with Gasteiger partial charge in [0.25, 0.3) is 0 Å². The minimum Gasteiger partial charge on any atom is -0.376 e. The Labute approximate surface area is 117 Å². The molecule has 1 saturated heterocycles. The lowest BCUT2D eigenvalue weighted by Gasteiger charge is -2.29. The van der Waals surface area contributed by atoms with E-state index in [0.717, 1.165) is 49.8 Å². The van der Waals surface area contributed by atoms with Crippen LogP contribution in [0, 0.1) is 0 Å². The third kappa shape index (κ3) is 1.83. The second-order valence-corrected chi connectivity index (χ2v) is 5.56. The van der Waals surface area contributed by atoms with Crippen molar-refractivity contribution in [2.24, 2.45) is 7.05 Å². The highest BCUT2D eigenvalue weighted by molar-refractivity contribution is 5.57. The predicted octanol–water partition coefficient (Wildman–Crippen LogP) is 1.82. The largest absolute Gasteiger partial charge is 0.376 e. The Hall–Kier alpha value is -1.82. The monoisotopic (exact) mass is 273 g/mol. The Morgan fingerprint density at radius 3 is 3.10 bits per heavy atom. The molecule has 4 heterocycles. The molecule has 1 N–H and O–H groups in total. The van der Waals surface area contributed by atoms with Gasteiger partial charge in [-0.2, -0.15) is 5.10 Å². The number of imidazole rings is 1. The molecule has 2 unspecified atom stereocenters. The minimum absolute atomic E-state index is 0.310. The number of nitrogens with one attached hydrogen (secondary N) is 1. The maximum atomic E-state index is 5.86. The van der Waals surface area contributed by atoms with Crippen molar-refractivity contribution >= 4 is 5.82 Å². The van der Waals surface area contributed by atoms with Gasteiger partial charge in [-0.05, 0) is 19.3 Å². The van der Waals surface area contributed by atoms with Crippen LogP contribution in [-0.2, 0) is 11.8 Å². The molecule has 1 fully saturated rings. The Bertz CT molecular complexity index is 611. The van der Waals surface area contributed by atoms with Gasteiger partial charge in [0.05, 0.1) is 12.1 Å². The lowest BCUT2D eigenvalue weighted by molar-refractivity contribution is 0.0592. The van der Waals surface area contributed by atoms with E-state index in [4.69, 9.17) is 9.84 Å². The SMILES string of the molecule is Cn1ccnc1-c1cc2n(n1)C(C1CCCO1)CCN2. The topological polar surface area (TPSA) is 56.9 Å². The van der Waals surface area contributed by atoms with Gasteiger partial charge in [0.15, 0.2) is 5.82 Å². The molecule has 0 spiro atoms. The highest BCUT2D eigenvalue weighted by Gasteiger charge is 2.32. The summed E-state index contributed by atoms with van der Waals surface area (Å²) in [7, 11) is 1.99. The van der Waals surface area contributed by atoms with Crippen molar-refractivity contribution in [3.63, 3.8) is 0 Å². The Morgan fingerprint density at radius 2 is 2.35 bits per heavy atom. The summed E-state index contributed by atoms with van der Waals surface area (Å²) in [6.07, 6.45) is 7.43. The lowest BCUT2D eigenvalue weighted by atomic mass is 10.0. The number of aromatic nitrogens is 4. The van der Waals surface area contributed by atoms with Crippen LogP contribution in [0.3, 0.4) is 0 Å². The number of hydrogen-bond acceptors (Lipinski definition) is 4. The van der Waals surface area contributed by atoms with Gasteiger partial charge in [-0.25, -0.2) is 9.67 Å². The molecule has 2 aromatic rings. The quantitative estimate of drug-likeness (QED) is 0.906. The molecular formula is C14H19N5O. The summed E-state index contributed by atoms with van der Waals surface area (Å²) in [6, 6.07) is 2.44. The number of rotatable bonds is 2. The first-order chi connectivity index (χ1) is 9.83. The Morgan fingerprint density at radius 1 is 1.40 bits per heavy atom. The number of hydrogen-bond donors (Lipinski definition) is 1. The van der Waals surface area contributed by atoms with Crippen LogP contribution in [0.2, 0.25) is 0 Å². The first kappa shape index (κ1) is 12.0. The molecule has 6 heteroatoms. The van der Waals surface area contributed by atoms with Crippen molar-refractivity contribution in [1.29, 1.82) is 0 Å². The van der Waals surface area contributed by atoms with Crippen molar-refractivity contribution in [2.45, 2.75) is 31.4 Å². The van der Waals surface area contributed by atoms with Crippen molar-refractivity contribution in [3.05, 3.63) is 18.5 Å². The highest BCUT2D eigenvalue weighted by atomic mass is 16.5. The molecule has 0 saturated carbocycles. The van der Waals surface area contributed by atoms with Gasteiger partial charge >= 0.3 is 0 Å². The van der Waals surface area contributed by atoms with E-state index >= 15 is 0 Å². The fourth-order valence-electron chi connectivity index (χ4n) is 3.22. The first-order valence-corrected chi connectivity index (χ1v) is 7.25. The van der Waals surface area contributed by atoms with Gasteiger partial charge in [-0.15, -0.1) is 0 Å². The van der Waals surface area contributed by atoms with Crippen LogP contribution in [0.4, 0.5) is 5.82 Å². The van der Waals surface area contributed by atoms with Crippen LogP contribution in [0.1, 0.15) is 25.3 Å². The van der Waals surface area contributed by atoms with E-state index in [1.165, 1.54) is 0 Å². The summed E-state index contributed by atoms with van der Waals surface area (Å²) in [5.74, 6) is 1.98. The minimum atomic E-state index is 0.310. The molecule has 2 aliphatic rings. The maximum Gasteiger partial charge on any atom is 0.160 e. The molecule has 20 heavy (non-hydrogen) atoms. The van der Waals surface area contributed by atoms with E-state index in [1.54, 1.807) is 6.20 Å². The first-order valence-electron chi connectivity index (χ1n) is 7.25. The second kappa shape index (κ2) is 4.63. The van der Waals surface area contributed by atoms with Gasteiger partial charge < -0.3 is 14.6 Å². The molecule has 0 amide bonds.